The van der Waals surface area contributed by atoms with Gasteiger partial charge in [0.15, 0.2) is 18.1 Å². The summed E-state index contributed by atoms with van der Waals surface area (Å²) in [5.41, 5.74) is 1.66. The molecule has 0 bridgehead atoms. The molecule has 0 fully saturated rings. The zero-order valence-corrected chi connectivity index (χ0v) is 12.9. The van der Waals surface area contributed by atoms with Crippen molar-refractivity contribution in [1.29, 1.82) is 0 Å². The first-order chi connectivity index (χ1) is 11.1. The number of aromatic nitrogens is 1. The van der Waals surface area contributed by atoms with E-state index >= 15 is 0 Å². The van der Waals surface area contributed by atoms with Crippen LogP contribution in [0.25, 0.3) is 0 Å². The molecule has 0 saturated heterocycles. The molecule has 1 aromatic heterocycles. The zero-order chi connectivity index (χ0) is 16.4. The van der Waals surface area contributed by atoms with Crippen molar-refractivity contribution in [2.75, 3.05) is 13.7 Å². The van der Waals surface area contributed by atoms with E-state index in [1.54, 1.807) is 30.5 Å². The van der Waals surface area contributed by atoms with Crippen LogP contribution in [0.3, 0.4) is 0 Å². The van der Waals surface area contributed by atoms with Crippen LogP contribution >= 0.6 is 0 Å². The minimum atomic E-state index is -0.564. The largest absolute Gasteiger partial charge is 0.493 e. The van der Waals surface area contributed by atoms with Crippen molar-refractivity contribution < 1.29 is 23.8 Å². The number of ketones is 1. The third kappa shape index (κ3) is 3.06. The summed E-state index contributed by atoms with van der Waals surface area (Å²) in [4.78, 5) is 26.8. The van der Waals surface area contributed by atoms with E-state index < -0.39 is 5.97 Å². The highest BCUT2D eigenvalue weighted by molar-refractivity contribution is 5.98. The van der Waals surface area contributed by atoms with Crippen molar-refractivity contribution in [3.8, 4) is 11.5 Å². The fourth-order valence-corrected chi connectivity index (χ4v) is 2.56. The van der Waals surface area contributed by atoms with Crippen molar-refractivity contribution in [2.45, 2.75) is 19.4 Å². The zero-order valence-electron chi connectivity index (χ0n) is 12.9. The van der Waals surface area contributed by atoms with Gasteiger partial charge in [-0.2, -0.15) is 0 Å². The maximum Gasteiger partial charge on any atom is 0.338 e. The van der Waals surface area contributed by atoms with Gasteiger partial charge in [0.1, 0.15) is 6.10 Å². The summed E-state index contributed by atoms with van der Waals surface area (Å²) >= 11 is 0. The first-order valence-corrected chi connectivity index (χ1v) is 7.29. The van der Waals surface area contributed by atoms with Crippen LogP contribution in [-0.2, 0) is 11.2 Å². The van der Waals surface area contributed by atoms with Gasteiger partial charge in [0.25, 0.3) is 0 Å². The molecule has 1 aromatic carbocycles. The number of methoxy groups -OCH3 is 1. The number of benzene rings is 1. The van der Waals surface area contributed by atoms with Crippen LogP contribution in [0.1, 0.15) is 33.3 Å². The van der Waals surface area contributed by atoms with E-state index in [1.807, 2.05) is 6.92 Å². The summed E-state index contributed by atoms with van der Waals surface area (Å²) in [6.07, 6.45) is 2.38. The van der Waals surface area contributed by atoms with E-state index in [0.29, 0.717) is 29.2 Å². The van der Waals surface area contributed by atoms with Gasteiger partial charge in [0, 0.05) is 18.2 Å². The molecule has 0 unspecified atom stereocenters. The number of hydrogen-bond donors (Lipinski definition) is 1. The van der Waals surface area contributed by atoms with E-state index in [4.69, 9.17) is 14.2 Å². The lowest BCUT2D eigenvalue weighted by molar-refractivity contribution is 0.0473. The molecule has 6 heteroatoms. The number of nitrogens with one attached hydrogen (secondary N) is 1. The first-order valence-electron chi connectivity index (χ1n) is 7.29. The minimum absolute atomic E-state index is 0.0413. The molecule has 0 spiro atoms. The molecular formula is C17H17NO5. The summed E-state index contributed by atoms with van der Waals surface area (Å²) in [5, 5.41) is 0. The molecule has 3 rings (SSSR count). The van der Waals surface area contributed by atoms with Gasteiger partial charge in [-0.05, 0) is 31.2 Å². The summed E-state index contributed by atoms with van der Waals surface area (Å²) in [7, 11) is 1.52. The van der Waals surface area contributed by atoms with E-state index in [-0.39, 0.29) is 18.5 Å². The van der Waals surface area contributed by atoms with Crippen LogP contribution in [-0.4, -0.2) is 36.6 Å². The smallest absolute Gasteiger partial charge is 0.338 e. The molecule has 0 aliphatic carbocycles. The van der Waals surface area contributed by atoms with E-state index in [0.717, 1.165) is 5.56 Å². The van der Waals surface area contributed by atoms with Gasteiger partial charge < -0.3 is 19.2 Å². The van der Waals surface area contributed by atoms with Crippen molar-refractivity contribution >= 4 is 11.8 Å². The quantitative estimate of drug-likeness (QED) is 0.677. The molecule has 1 aliphatic rings. The topological polar surface area (TPSA) is 77.6 Å². The molecule has 2 aromatic rings. The van der Waals surface area contributed by atoms with Crippen molar-refractivity contribution in [3.05, 3.63) is 47.3 Å². The SMILES string of the molecule is COc1cc(C(=O)OCC(=O)c2ccc[nH]2)cc2c1O[C@H](C)C2. The number of fused-ring (bicyclic) bond motifs is 1. The first kappa shape index (κ1) is 15.1. The third-order valence-electron chi connectivity index (χ3n) is 3.65. The molecule has 1 N–H and O–H groups in total. The maximum atomic E-state index is 12.2. The summed E-state index contributed by atoms with van der Waals surface area (Å²) in [6.45, 7) is 1.64. The number of rotatable bonds is 5. The molecule has 0 amide bonds. The Labute approximate surface area is 133 Å². The monoisotopic (exact) mass is 315 g/mol. The predicted octanol–water partition coefficient (Wildman–Crippen LogP) is 2.39. The van der Waals surface area contributed by atoms with Gasteiger partial charge in [-0.3, -0.25) is 4.79 Å². The van der Waals surface area contributed by atoms with Gasteiger partial charge in [0.05, 0.1) is 18.4 Å². The number of Topliss-reactive ketones (excluding diaryl/α,β-unsaturated/α-hetero) is 1. The molecule has 23 heavy (non-hydrogen) atoms. The average molecular weight is 315 g/mol. The normalized spacial score (nSPS) is 15.7. The summed E-state index contributed by atoms with van der Waals surface area (Å²) in [5.74, 6) is 0.312. The number of aromatic amines is 1. The van der Waals surface area contributed by atoms with Crippen LogP contribution in [0.4, 0.5) is 0 Å². The molecule has 1 aliphatic heterocycles. The van der Waals surface area contributed by atoms with Crippen molar-refractivity contribution in [3.63, 3.8) is 0 Å². The van der Waals surface area contributed by atoms with Gasteiger partial charge >= 0.3 is 5.97 Å². The van der Waals surface area contributed by atoms with Crippen molar-refractivity contribution in [2.24, 2.45) is 0 Å². The minimum Gasteiger partial charge on any atom is -0.493 e. The lowest BCUT2D eigenvalue weighted by atomic mass is 10.1. The highest BCUT2D eigenvalue weighted by atomic mass is 16.5. The Kier molecular flexibility index (Phi) is 4.06. The number of H-pyrrole nitrogens is 1. The van der Waals surface area contributed by atoms with E-state index in [9.17, 15) is 9.59 Å². The van der Waals surface area contributed by atoms with Gasteiger partial charge in [-0.25, -0.2) is 4.79 Å². The second kappa shape index (κ2) is 6.16. The second-order valence-corrected chi connectivity index (χ2v) is 5.38. The molecule has 1 atom stereocenters. The molecule has 0 radical (unpaired) electrons. The maximum absolute atomic E-state index is 12.2. The number of carbonyl (C=O) groups excluding carboxylic acids is 2. The highest BCUT2D eigenvalue weighted by Gasteiger charge is 2.25. The van der Waals surface area contributed by atoms with Gasteiger partial charge in [-0.15, -0.1) is 0 Å². The molecule has 2 heterocycles. The Hall–Kier alpha value is -2.76. The molecule has 120 valence electrons. The lowest BCUT2D eigenvalue weighted by Gasteiger charge is -2.10. The van der Waals surface area contributed by atoms with Crippen LogP contribution in [0, 0.1) is 0 Å². The predicted molar refractivity (Wildman–Crippen MR) is 82.2 cm³/mol. The Morgan fingerprint density at radius 2 is 2.22 bits per heavy atom. The third-order valence-corrected chi connectivity index (χ3v) is 3.65. The molecule has 6 nitrogen and oxygen atoms in total. The highest BCUT2D eigenvalue weighted by Crippen LogP contribution is 2.39. The second-order valence-electron chi connectivity index (χ2n) is 5.38. The number of hydrogen-bond acceptors (Lipinski definition) is 5. The van der Waals surface area contributed by atoms with Crippen molar-refractivity contribution in [1.82, 2.24) is 4.98 Å². The van der Waals surface area contributed by atoms with Crippen LogP contribution in [0.5, 0.6) is 11.5 Å². The molecular weight excluding hydrogens is 298 g/mol. The Balaban J connectivity index is 1.73. The number of esters is 1. The molecule has 0 saturated carbocycles. The fourth-order valence-electron chi connectivity index (χ4n) is 2.56. The Bertz CT molecular complexity index is 736. The fraction of sp³-hybridized carbons (Fsp3) is 0.294. The van der Waals surface area contributed by atoms with Crippen LogP contribution in [0.2, 0.25) is 0 Å². The Morgan fingerprint density at radius 3 is 2.91 bits per heavy atom. The van der Waals surface area contributed by atoms with Gasteiger partial charge in [-0.1, -0.05) is 0 Å². The average Bonchev–Trinajstić information content (AvgIpc) is 3.19. The van der Waals surface area contributed by atoms with E-state index in [2.05, 4.69) is 4.98 Å². The Morgan fingerprint density at radius 1 is 1.39 bits per heavy atom. The standard InChI is InChI=1S/C17H17NO5/c1-10-6-11-7-12(8-15(21-2)16(11)23-10)17(20)22-9-14(19)13-4-3-5-18-13/h3-5,7-8,10,18H,6,9H2,1-2H3/t10-/m1/s1. The van der Waals surface area contributed by atoms with E-state index in [1.165, 1.54) is 7.11 Å². The van der Waals surface area contributed by atoms with Crippen LogP contribution in [0.15, 0.2) is 30.5 Å². The lowest BCUT2D eigenvalue weighted by Crippen LogP contribution is -2.14. The summed E-state index contributed by atoms with van der Waals surface area (Å²) in [6, 6.07) is 6.63. The summed E-state index contributed by atoms with van der Waals surface area (Å²) < 4.78 is 16.0. The number of carbonyl (C=O) groups is 2. The van der Waals surface area contributed by atoms with Gasteiger partial charge in [0.2, 0.25) is 5.78 Å². The van der Waals surface area contributed by atoms with Crippen LogP contribution < -0.4 is 9.47 Å². The number of ether oxygens (including phenoxy) is 3.